The molecule has 0 aliphatic rings. The van der Waals surface area contributed by atoms with Gasteiger partial charge in [0, 0.05) is 0 Å². The van der Waals surface area contributed by atoms with Gasteiger partial charge in [-0.05, 0) is 0 Å². The number of hydrogen-bond donors (Lipinski definition) is 4. The number of benzene rings is 1. The molecule has 0 bridgehead atoms. The van der Waals surface area contributed by atoms with Crippen molar-refractivity contribution in [3.8, 4) is 0 Å². The molecule has 1 aromatic rings. The normalized spacial score (nSPS) is 14.2. The molecule has 0 aromatic heterocycles. The number of anilines is 2. The zero-order chi connectivity index (χ0) is 12.3. The first kappa shape index (κ1) is 12.8. The number of rotatable bonds is 3. The minimum atomic E-state index is -5.10. The Balaban J connectivity index is 3.35. The molecule has 1 aromatic carbocycles. The first-order valence-electron chi connectivity index (χ1n) is 4.21. The predicted octanol–water partition coefficient (Wildman–Crippen LogP) is -0.714. The van der Waals surface area contributed by atoms with Gasteiger partial charge in [0.2, 0.25) is 0 Å². The minimum absolute atomic E-state index is 0.0368. The van der Waals surface area contributed by atoms with E-state index >= 15 is 0 Å². The van der Waals surface area contributed by atoms with E-state index in [9.17, 15) is 12.6 Å². The number of carbonyl (C=O) groups excluding carboxylic acids is 1. The van der Waals surface area contributed by atoms with Crippen LogP contribution in [0.15, 0.2) is 18.2 Å². The van der Waals surface area contributed by atoms with Crippen molar-refractivity contribution in [3.63, 3.8) is 0 Å². The van der Waals surface area contributed by atoms with Gasteiger partial charge in [0.1, 0.15) is 0 Å². The van der Waals surface area contributed by atoms with Crippen molar-refractivity contribution in [1.29, 1.82) is 0 Å². The number of amides is 1. The molecule has 0 radical (unpaired) electrons. The molecule has 1 atom stereocenters. The van der Waals surface area contributed by atoms with Gasteiger partial charge in [-0.25, -0.2) is 0 Å². The Morgan fingerprint density at radius 3 is 2.69 bits per heavy atom. The fourth-order valence-electron chi connectivity index (χ4n) is 1.21. The molecule has 0 fully saturated rings. The molecule has 8 heteroatoms. The fourth-order valence-corrected chi connectivity index (χ4v) is 3.13. The molecule has 16 heavy (non-hydrogen) atoms. The van der Waals surface area contributed by atoms with E-state index in [4.69, 9.17) is 11.0 Å². The van der Waals surface area contributed by atoms with Gasteiger partial charge in [-0.3, -0.25) is 0 Å². The van der Waals surface area contributed by atoms with Crippen LogP contribution in [0.3, 0.4) is 0 Å². The van der Waals surface area contributed by atoms with E-state index in [1.54, 1.807) is 0 Å². The van der Waals surface area contributed by atoms with E-state index in [1.165, 1.54) is 25.1 Å². The summed E-state index contributed by atoms with van der Waals surface area (Å²) in [6.07, 6.45) is 0. The molecule has 5 N–H and O–H groups in total. The van der Waals surface area contributed by atoms with Crippen molar-refractivity contribution in [3.05, 3.63) is 18.2 Å². The topological polar surface area (TPSA) is 122 Å². The fraction of sp³-hybridized carbons (Fsp3) is 0.125. The van der Waals surface area contributed by atoms with Crippen LogP contribution in [0.25, 0.3) is 0 Å². The maximum atomic E-state index is 11.5. The molecule has 7 nitrogen and oxygen atoms in total. The van der Waals surface area contributed by atoms with Gasteiger partial charge in [0.25, 0.3) is 0 Å². The standard InChI is InChI=1S/C8H11AsN2O5/c1-5(12)11-7-4-2-3-6(10)8(7)9(13,14)16-15/h2-4,15H,10H2,1H3,(H,11,12)(H,13,14). The van der Waals surface area contributed by atoms with E-state index in [2.05, 4.69) is 9.19 Å². The first-order chi connectivity index (χ1) is 7.38. The first-order valence-corrected chi connectivity index (χ1v) is 7.52. The van der Waals surface area contributed by atoms with Gasteiger partial charge in [0.05, 0.1) is 0 Å². The molecule has 0 saturated heterocycles. The van der Waals surface area contributed by atoms with Gasteiger partial charge < -0.3 is 0 Å². The summed E-state index contributed by atoms with van der Waals surface area (Å²) in [5, 5.41) is 10.7. The van der Waals surface area contributed by atoms with Crippen LogP contribution in [0.5, 0.6) is 0 Å². The number of hydrogen-bond acceptors (Lipinski definition) is 5. The van der Waals surface area contributed by atoms with Gasteiger partial charge in [-0.15, -0.1) is 0 Å². The molecular weight excluding hydrogens is 279 g/mol. The monoisotopic (exact) mass is 290 g/mol. The Morgan fingerprint density at radius 1 is 1.56 bits per heavy atom. The van der Waals surface area contributed by atoms with Crippen molar-refractivity contribution in [1.82, 2.24) is 0 Å². The van der Waals surface area contributed by atoms with Crippen molar-refractivity contribution in [2.75, 3.05) is 11.1 Å². The summed E-state index contributed by atoms with van der Waals surface area (Å²) in [4.78, 5) is 10.9. The van der Waals surface area contributed by atoms with Crippen LogP contribution >= 0.6 is 0 Å². The molecule has 0 aliphatic heterocycles. The van der Waals surface area contributed by atoms with E-state index in [1.807, 2.05) is 0 Å². The molecule has 0 saturated carbocycles. The van der Waals surface area contributed by atoms with Crippen molar-refractivity contribution in [2.24, 2.45) is 0 Å². The second-order valence-corrected chi connectivity index (χ2v) is 6.49. The Bertz CT molecular complexity index is 462. The predicted molar refractivity (Wildman–Crippen MR) is 57.2 cm³/mol. The van der Waals surface area contributed by atoms with Gasteiger partial charge in [0.15, 0.2) is 0 Å². The number of nitrogens with two attached hydrogens (primary N) is 1. The van der Waals surface area contributed by atoms with Crippen LogP contribution in [0.4, 0.5) is 11.4 Å². The summed E-state index contributed by atoms with van der Waals surface area (Å²) >= 11 is -5.10. The third kappa shape index (κ3) is 2.65. The van der Waals surface area contributed by atoms with Crippen molar-refractivity contribution < 1.29 is 21.8 Å². The summed E-state index contributed by atoms with van der Waals surface area (Å²) in [5.74, 6) is -0.430. The Kier molecular flexibility index (Phi) is 3.77. The van der Waals surface area contributed by atoms with Crippen LogP contribution in [-0.2, 0) is 12.4 Å². The van der Waals surface area contributed by atoms with E-state index in [0.29, 0.717) is 0 Å². The second kappa shape index (κ2) is 4.71. The number of nitrogen functional groups attached to an aromatic ring is 1. The molecule has 88 valence electrons. The van der Waals surface area contributed by atoms with Gasteiger partial charge in [-0.1, -0.05) is 0 Å². The zero-order valence-electron chi connectivity index (χ0n) is 8.38. The summed E-state index contributed by atoms with van der Waals surface area (Å²) < 4.78 is 24.2. The number of carbonyl (C=O) groups is 1. The second-order valence-electron chi connectivity index (χ2n) is 3.03. The van der Waals surface area contributed by atoms with Crippen LogP contribution in [0, 0.1) is 0 Å². The van der Waals surface area contributed by atoms with Crippen molar-refractivity contribution >= 4 is 35.8 Å². The molecule has 1 rings (SSSR count). The average molecular weight is 290 g/mol. The Hall–Kier alpha value is -1.27. The van der Waals surface area contributed by atoms with Crippen LogP contribution in [0.2, 0.25) is 0 Å². The van der Waals surface area contributed by atoms with Crippen LogP contribution < -0.4 is 15.4 Å². The molecular formula is C8H11AsN2O5. The Labute approximate surface area is 94.1 Å². The average Bonchev–Trinajstić information content (AvgIpc) is 2.16. The van der Waals surface area contributed by atoms with Crippen molar-refractivity contribution in [2.45, 2.75) is 6.92 Å². The summed E-state index contributed by atoms with van der Waals surface area (Å²) in [7, 11) is 0. The molecule has 1 amide bonds. The Morgan fingerprint density at radius 2 is 2.19 bits per heavy atom. The van der Waals surface area contributed by atoms with Crippen LogP contribution in [0.1, 0.15) is 6.92 Å². The molecule has 0 aliphatic carbocycles. The molecule has 1 unspecified atom stereocenters. The quantitative estimate of drug-likeness (QED) is 0.252. The summed E-state index contributed by atoms with van der Waals surface area (Å²) in [5.41, 5.74) is 5.51. The van der Waals surface area contributed by atoms with Gasteiger partial charge in [-0.2, -0.15) is 0 Å². The molecule has 0 heterocycles. The summed E-state index contributed by atoms with van der Waals surface area (Å²) in [6.45, 7) is 1.24. The third-order valence-electron chi connectivity index (χ3n) is 1.77. The maximum absolute atomic E-state index is 11.5. The summed E-state index contributed by atoms with van der Waals surface area (Å²) in [6, 6.07) is 4.25. The molecule has 0 spiro atoms. The van der Waals surface area contributed by atoms with E-state index in [0.717, 1.165) is 0 Å². The zero-order valence-corrected chi connectivity index (χ0v) is 10.3. The van der Waals surface area contributed by atoms with E-state index < -0.39 is 20.1 Å². The SMILES string of the molecule is CC(=O)Nc1cccc(N)c1[As](=O)(O)OO. The number of nitrogens with one attached hydrogen (secondary N) is 1. The van der Waals surface area contributed by atoms with Crippen LogP contribution in [-0.4, -0.2) is 29.4 Å². The van der Waals surface area contributed by atoms with Gasteiger partial charge >= 0.3 is 93.7 Å². The third-order valence-corrected chi connectivity index (χ3v) is 4.47. The van der Waals surface area contributed by atoms with E-state index in [-0.39, 0.29) is 15.7 Å².